The van der Waals surface area contributed by atoms with Crippen LogP contribution in [0.5, 0.6) is 11.5 Å². The van der Waals surface area contributed by atoms with E-state index in [4.69, 9.17) is 9.47 Å². The Morgan fingerprint density at radius 2 is 2.00 bits per heavy atom. The topological polar surface area (TPSA) is 55.8 Å². The second kappa shape index (κ2) is 8.06. The third-order valence-corrected chi connectivity index (χ3v) is 4.15. The molecule has 0 atom stereocenters. The summed E-state index contributed by atoms with van der Waals surface area (Å²) in [6.07, 6.45) is 3.36. The predicted octanol–water partition coefficient (Wildman–Crippen LogP) is 4.09. The molecule has 1 saturated heterocycles. The summed E-state index contributed by atoms with van der Waals surface area (Å²) in [6, 6.07) is 5.25. The standard InChI is InChI=1S/C18H21NO4S/c1-5-9-23-14-8-7-13(10-15(14)22-6-2)11-16-17(20)19(12(3)4)18(21)24-16/h5,7-8,10-12H,1,6,9H2,2-4H3/b16-11+. The highest BCUT2D eigenvalue weighted by Crippen LogP contribution is 2.35. The molecule has 1 aromatic carbocycles. The minimum atomic E-state index is -0.259. The Morgan fingerprint density at radius 1 is 1.25 bits per heavy atom. The van der Waals surface area contributed by atoms with Crippen molar-refractivity contribution >= 4 is 29.0 Å². The maximum atomic E-state index is 12.3. The van der Waals surface area contributed by atoms with Gasteiger partial charge in [-0.2, -0.15) is 0 Å². The van der Waals surface area contributed by atoms with Gasteiger partial charge in [0.2, 0.25) is 0 Å². The van der Waals surface area contributed by atoms with Gasteiger partial charge < -0.3 is 9.47 Å². The van der Waals surface area contributed by atoms with E-state index >= 15 is 0 Å². The van der Waals surface area contributed by atoms with Crippen molar-refractivity contribution in [2.24, 2.45) is 0 Å². The summed E-state index contributed by atoms with van der Waals surface area (Å²) >= 11 is 0.955. The van der Waals surface area contributed by atoms with Crippen LogP contribution in [-0.2, 0) is 4.79 Å². The van der Waals surface area contributed by atoms with Gasteiger partial charge in [0.15, 0.2) is 11.5 Å². The van der Waals surface area contributed by atoms with Crippen molar-refractivity contribution in [1.82, 2.24) is 4.90 Å². The van der Waals surface area contributed by atoms with Crippen molar-refractivity contribution in [1.29, 1.82) is 0 Å². The van der Waals surface area contributed by atoms with E-state index in [1.165, 1.54) is 4.90 Å². The van der Waals surface area contributed by atoms with Crippen molar-refractivity contribution in [3.63, 3.8) is 0 Å². The van der Waals surface area contributed by atoms with Gasteiger partial charge in [-0.05, 0) is 56.3 Å². The maximum absolute atomic E-state index is 12.3. The number of carbonyl (C=O) groups is 2. The highest BCUT2D eigenvalue weighted by Gasteiger charge is 2.36. The van der Waals surface area contributed by atoms with Crippen LogP contribution in [0.25, 0.3) is 6.08 Å². The molecule has 1 fully saturated rings. The SMILES string of the molecule is C=CCOc1ccc(/C=C2/SC(=O)N(C(C)C)C2=O)cc1OCC. The van der Waals surface area contributed by atoms with Crippen molar-refractivity contribution < 1.29 is 19.1 Å². The first-order chi connectivity index (χ1) is 11.5. The summed E-state index contributed by atoms with van der Waals surface area (Å²) in [7, 11) is 0. The molecule has 1 aliphatic heterocycles. The lowest BCUT2D eigenvalue weighted by Crippen LogP contribution is -2.34. The molecule has 2 rings (SSSR count). The maximum Gasteiger partial charge on any atom is 0.293 e. The van der Waals surface area contributed by atoms with Crippen LogP contribution in [0.4, 0.5) is 4.79 Å². The number of imide groups is 1. The molecule has 0 radical (unpaired) electrons. The summed E-state index contributed by atoms with van der Waals surface area (Å²) in [6.45, 7) is 10.0. The zero-order valence-corrected chi connectivity index (χ0v) is 14.9. The highest BCUT2D eigenvalue weighted by molar-refractivity contribution is 8.18. The molecular formula is C18H21NO4S. The van der Waals surface area contributed by atoms with E-state index in [2.05, 4.69) is 6.58 Å². The number of hydrogen-bond donors (Lipinski definition) is 0. The first-order valence-electron chi connectivity index (χ1n) is 7.75. The van der Waals surface area contributed by atoms with Crippen molar-refractivity contribution in [3.05, 3.63) is 41.3 Å². The summed E-state index contributed by atoms with van der Waals surface area (Å²) in [5.41, 5.74) is 0.777. The van der Waals surface area contributed by atoms with Gasteiger partial charge in [0.05, 0.1) is 11.5 Å². The van der Waals surface area contributed by atoms with Crippen LogP contribution in [-0.4, -0.2) is 35.3 Å². The number of rotatable bonds is 7. The number of thioether (sulfide) groups is 1. The third kappa shape index (κ3) is 4.00. The summed E-state index contributed by atoms with van der Waals surface area (Å²) in [5, 5.41) is -0.239. The minimum absolute atomic E-state index is 0.155. The molecule has 1 heterocycles. The number of benzene rings is 1. The molecule has 1 aliphatic rings. The van der Waals surface area contributed by atoms with Crippen LogP contribution in [0.3, 0.4) is 0 Å². The van der Waals surface area contributed by atoms with Gasteiger partial charge in [-0.15, -0.1) is 0 Å². The van der Waals surface area contributed by atoms with E-state index < -0.39 is 0 Å². The second-order valence-electron chi connectivity index (χ2n) is 5.38. The number of hydrogen-bond acceptors (Lipinski definition) is 5. The van der Waals surface area contributed by atoms with Crippen LogP contribution in [0.15, 0.2) is 35.8 Å². The van der Waals surface area contributed by atoms with Crippen molar-refractivity contribution in [2.45, 2.75) is 26.8 Å². The first-order valence-corrected chi connectivity index (χ1v) is 8.57. The van der Waals surface area contributed by atoms with Crippen LogP contribution >= 0.6 is 11.8 Å². The van der Waals surface area contributed by atoms with Gasteiger partial charge in [-0.25, -0.2) is 0 Å². The molecule has 0 spiro atoms. The van der Waals surface area contributed by atoms with Gasteiger partial charge in [0, 0.05) is 6.04 Å². The molecule has 0 bridgehead atoms. The minimum Gasteiger partial charge on any atom is -0.490 e. The lowest BCUT2D eigenvalue weighted by atomic mass is 10.1. The monoisotopic (exact) mass is 347 g/mol. The second-order valence-corrected chi connectivity index (χ2v) is 6.38. The Hall–Kier alpha value is -2.21. The smallest absolute Gasteiger partial charge is 0.293 e. The van der Waals surface area contributed by atoms with Crippen molar-refractivity contribution in [3.8, 4) is 11.5 Å². The fourth-order valence-electron chi connectivity index (χ4n) is 2.23. The van der Waals surface area contributed by atoms with Gasteiger partial charge in [-0.1, -0.05) is 18.7 Å². The average molecular weight is 347 g/mol. The fraction of sp³-hybridized carbons (Fsp3) is 0.333. The van der Waals surface area contributed by atoms with Gasteiger partial charge >= 0.3 is 0 Å². The quantitative estimate of drug-likeness (QED) is 0.549. The third-order valence-electron chi connectivity index (χ3n) is 3.26. The number of amides is 2. The summed E-state index contributed by atoms with van der Waals surface area (Å²) in [5.74, 6) is 0.949. The molecule has 2 amide bonds. The Bertz CT molecular complexity index is 682. The molecule has 0 saturated carbocycles. The fourth-order valence-corrected chi connectivity index (χ4v) is 3.19. The number of carbonyl (C=O) groups excluding carboxylic acids is 2. The molecule has 0 aromatic heterocycles. The Balaban J connectivity index is 2.29. The zero-order chi connectivity index (χ0) is 17.7. The van der Waals surface area contributed by atoms with Crippen molar-refractivity contribution in [2.75, 3.05) is 13.2 Å². The highest BCUT2D eigenvalue weighted by atomic mass is 32.2. The van der Waals surface area contributed by atoms with Crippen LogP contribution in [0, 0.1) is 0 Å². The Morgan fingerprint density at radius 3 is 2.58 bits per heavy atom. The van der Waals surface area contributed by atoms with Gasteiger partial charge in [-0.3, -0.25) is 14.5 Å². The lowest BCUT2D eigenvalue weighted by molar-refractivity contribution is -0.123. The lowest BCUT2D eigenvalue weighted by Gasteiger charge is -2.16. The average Bonchev–Trinajstić information content (AvgIpc) is 2.81. The van der Waals surface area contributed by atoms with E-state index in [1.54, 1.807) is 24.3 Å². The molecule has 0 unspecified atom stereocenters. The first kappa shape index (κ1) is 18.1. The van der Waals surface area contributed by atoms with Crippen LogP contribution in [0.1, 0.15) is 26.3 Å². The van der Waals surface area contributed by atoms with Gasteiger partial charge in [0.25, 0.3) is 11.1 Å². The summed E-state index contributed by atoms with van der Waals surface area (Å²) < 4.78 is 11.1. The number of ether oxygens (including phenoxy) is 2. The number of nitrogens with zero attached hydrogens (tertiary/aromatic N) is 1. The molecule has 5 nitrogen and oxygen atoms in total. The van der Waals surface area contributed by atoms with E-state index in [0.29, 0.717) is 29.6 Å². The largest absolute Gasteiger partial charge is 0.490 e. The molecule has 6 heteroatoms. The van der Waals surface area contributed by atoms with Crippen LogP contribution in [0.2, 0.25) is 0 Å². The van der Waals surface area contributed by atoms with E-state index in [0.717, 1.165) is 17.3 Å². The summed E-state index contributed by atoms with van der Waals surface area (Å²) in [4.78, 5) is 25.9. The van der Waals surface area contributed by atoms with Gasteiger partial charge in [0.1, 0.15) is 6.61 Å². The van der Waals surface area contributed by atoms with E-state index in [-0.39, 0.29) is 17.2 Å². The molecule has 0 N–H and O–H groups in total. The molecule has 0 aliphatic carbocycles. The normalized spacial score (nSPS) is 16.2. The molecule has 1 aromatic rings. The van der Waals surface area contributed by atoms with Crippen LogP contribution < -0.4 is 9.47 Å². The molecule has 128 valence electrons. The molecule has 24 heavy (non-hydrogen) atoms. The zero-order valence-electron chi connectivity index (χ0n) is 14.1. The Kier molecular flexibility index (Phi) is 6.09. The molecular weight excluding hydrogens is 326 g/mol. The van der Waals surface area contributed by atoms with E-state index in [9.17, 15) is 9.59 Å². The van der Waals surface area contributed by atoms with E-state index in [1.807, 2.05) is 26.8 Å². The predicted molar refractivity (Wildman–Crippen MR) is 96.2 cm³/mol. The Labute approximate surface area is 146 Å².